The SMILES string of the molecule is CCc1nnc(N[C@@H]2OC(=O)c3ccccc32)s1. The van der Waals surface area contributed by atoms with Gasteiger partial charge in [-0.05, 0) is 12.5 Å². The number of aryl methyl sites for hydroxylation is 1. The van der Waals surface area contributed by atoms with Gasteiger partial charge < -0.3 is 10.1 Å². The number of rotatable bonds is 3. The summed E-state index contributed by atoms with van der Waals surface area (Å²) < 4.78 is 5.27. The van der Waals surface area contributed by atoms with Crippen LogP contribution in [0.3, 0.4) is 0 Å². The Morgan fingerprint density at radius 3 is 3.00 bits per heavy atom. The first-order valence-corrected chi connectivity index (χ1v) is 6.48. The first-order valence-electron chi connectivity index (χ1n) is 5.66. The molecule has 5 nitrogen and oxygen atoms in total. The molecule has 2 heterocycles. The van der Waals surface area contributed by atoms with Crippen LogP contribution in [0.4, 0.5) is 5.13 Å². The maximum atomic E-state index is 11.6. The van der Waals surface area contributed by atoms with E-state index < -0.39 is 6.23 Å². The fourth-order valence-electron chi connectivity index (χ4n) is 1.82. The van der Waals surface area contributed by atoms with Crippen LogP contribution in [-0.2, 0) is 11.2 Å². The number of hydrogen-bond donors (Lipinski definition) is 1. The molecular formula is C12H11N3O2S. The monoisotopic (exact) mass is 261 g/mol. The normalized spacial score (nSPS) is 17.4. The lowest BCUT2D eigenvalue weighted by Crippen LogP contribution is -2.09. The van der Waals surface area contributed by atoms with Crippen molar-refractivity contribution in [3.05, 3.63) is 40.4 Å². The van der Waals surface area contributed by atoms with Gasteiger partial charge in [0, 0.05) is 5.56 Å². The lowest BCUT2D eigenvalue weighted by molar-refractivity contribution is 0.0437. The summed E-state index contributed by atoms with van der Waals surface area (Å²) in [5.41, 5.74) is 1.45. The number of fused-ring (bicyclic) bond motifs is 1. The van der Waals surface area contributed by atoms with E-state index in [4.69, 9.17) is 4.74 Å². The quantitative estimate of drug-likeness (QED) is 0.859. The first-order chi connectivity index (χ1) is 8.78. The number of carbonyl (C=O) groups excluding carboxylic acids is 1. The zero-order valence-electron chi connectivity index (χ0n) is 9.71. The summed E-state index contributed by atoms with van der Waals surface area (Å²) in [5, 5.41) is 12.7. The summed E-state index contributed by atoms with van der Waals surface area (Å²) in [6, 6.07) is 7.34. The minimum Gasteiger partial charge on any atom is -0.434 e. The summed E-state index contributed by atoms with van der Waals surface area (Å²) in [6.45, 7) is 2.02. The molecule has 18 heavy (non-hydrogen) atoms. The molecule has 0 spiro atoms. The molecule has 0 bridgehead atoms. The van der Waals surface area contributed by atoms with Crippen molar-refractivity contribution in [3.63, 3.8) is 0 Å². The van der Waals surface area contributed by atoms with E-state index >= 15 is 0 Å². The van der Waals surface area contributed by atoms with Crippen LogP contribution in [-0.4, -0.2) is 16.2 Å². The third-order valence-electron chi connectivity index (χ3n) is 2.71. The number of nitrogens with zero attached hydrogens (tertiary/aromatic N) is 2. The van der Waals surface area contributed by atoms with Gasteiger partial charge in [-0.25, -0.2) is 4.79 Å². The molecule has 0 saturated carbocycles. The number of anilines is 1. The number of nitrogens with one attached hydrogen (secondary N) is 1. The molecule has 1 atom stereocenters. The molecule has 0 aliphatic carbocycles. The van der Waals surface area contributed by atoms with E-state index in [0.717, 1.165) is 17.0 Å². The standard InChI is InChI=1S/C12H11N3O2S/c1-2-9-14-15-12(18-9)13-10-7-5-3-4-6-8(7)11(16)17-10/h3-6,10H,2H2,1H3,(H,13,15)/t10-/m1/s1. The van der Waals surface area contributed by atoms with Crippen LogP contribution < -0.4 is 5.32 Å². The second-order valence-electron chi connectivity index (χ2n) is 3.87. The van der Waals surface area contributed by atoms with E-state index in [1.165, 1.54) is 11.3 Å². The van der Waals surface area contributed by atoms with Crippen molar-refractivity contribution in [2.24, 2.45) is 0 Å². The molecule has 1 aromatic carbocycles. The molecule has 0 radical (unpaired) electrons. The van der Waals surface area contributed by atoms with Gasteiger partial charge >= 0.3 is 5.97 Å². The Hall–Kier alpha value is -1.95. The summed E-state index contributed by atoms with van der Waals surface area (Å²) in [4.78, 5) is 11.6. The minimum atomic E-state index is -0.466. The zero-order chi connectivity index (χ0) is 12.5. The fraction of sp³-hybridized carbons (Fsp3) is 0.250. The molecular weight excluding hydrogens is 250 g/mol. The molecule has 1 N–H and O–H groups in total. The van der Waals surface area contributed by atoms with E-state index in [0.29, 0.717) is 10.7 Å². The second-order valence-corrected chi connectivity index (χ2v) is 4.93. The first kappa shape index (κ1) is 11.2. The Labute approximate surface area is 108 Å². The Morgan fingerprint density at radius 1 is 1.39 bits per heavy atom. The number of aromatic nitrogens is 2. The van der Waals surface area contributed by atoms with Gasteiger partial charge in [0.15, 0.2) is 0 Å². The second kappa shape index (κ2) is 4.38. The minimum absolute atomic E-state index is 0.302. The molecule has 0 amide bonds. The fourth-order valence-corrected chi connectivity index (χ4v) is 2.52. The molecule has 92 valence electrons. The van der Waals surface area contributed by atoms with Gasteiger partial charge in [0.05, 0.1) is 5.56 Å². The smallest absolute Gasteiger partial charge is 0.340 e. The van der Waals surface area contributed by atoms with Crippen molar-refractivity contribution >= 4 is 22.4 Å². The summed E-state index contributed by atoms with van der Waals surface area (Å²) >= 11 is 1.47. The van der Waals surface area contributed by atoms with Crippen LogP contribution in [0.2, 0.25) is 0 Å². The maximum Gasteiger partial charge on any atom is 0.340 e. The number of cyclic esters (lactones) is 1. The van der Waals surface area contributed by atoms with Crippen molar-refractivity contribution in [1.82, 2.24) is 10.2 Å². The van der Waals surface area contributed by atoms with Gasteiger partial charge in [0.25, 0.3) is 0 Å². The lowest BCUT2D eigenvalue weighted by atomic mass is 10.1. The highest BCUT2D eigenvalue weighted by atomic mass is 32.1. The zero-order valence-corrected chi connectivity index (χ0v) is 10.5. The van der Waals surface area contributed by atoms with Gasteiger partial charge in [-0.15, -0.1) is 10.2 Å². The molecule has 0 fully saturated rings. The Morgan fingerprint density at radius 2 is 2.22 bits per heavy atom. The van der Waals surface area contributed by atoms with Crippen molar-refractivity contribution in [3.8, 4) is 0 Å². The van der Waals surface area contributed by atoms with Crippen molar-refractivity contribution < 1.29 is 9.53 Å². The van der Waals surface area contributed by atoms with Crippen LogP contribution in [0, 0.1) is 0 Å². The van der Waals surface area contributed by atoms with Gasteiger partial charge in [-0.2, -0.15) is 0 Å². The number of ether oxygens (including phenoxy) is 1. The number of hydrogen-bond acceptors (Lipinski definition) is 6. The molecule has 2 aromatic rings. The van der Waals surface area contributed by atoms with Crippen LogP contribution in [0.5, 0.6) is 0 Å². The van der Waals surface area contributed by atoms with Crippen LogP contribution in [0.25, 0.3) is 0 Å². The Bertz CT molecular complexity index is 597. The van der Waals surface area contributed by atoms with E-state index in [1.807, 2.05) is 25.1 Å². The third-order valence-corrected chi connectivity index (χ3v) is 3.71. The van der Waals surface area contributed by atoms with Gasteiger partial charge in [-0.1, -0.05) is 36.5 Å². The van der Waals surface area contributed by atoms with E-state index in [9.17, 15) is 4.79 Å². The largest absolute Gasteiger partial charge is 0.434 e. The molecule has 6 heteroatoms. The highest BCUT2D eigenvalue weighted by Crippen LogP contribution is 2.32. The van der Waals surface area contributed by atoms with Crippen molar-refractivity contribution in [2.45, 2.75) is 19.6 Å². The van der Waals surface area contributed by atoms with Crippen LogP contribution in [0.1, 0.15) is 34.1 Å². The predicted molar refractivity (Wildman–Crippen MR) is 67.5 cm³/mol. The molecule has 0 saturated heterocycles. The number of carbonyl (C=O) groups is 1. The maximum absolute atomic E-state index is 11.6. The highest BCUT2D eigenvalue weighted by Gasteiger charge is 2.30. The number of benzene rings is 1. The molecule has 3 rings (SSSR count). The molecule has 1 aliphatic rings. The summed E-state index contributed by atoms with van der Waals surface area (Å²) in [5.74, 6) is -0.302. The van der Waals surface area contributed by atoms with E-state index in [2.05, 4.69) is 15.5 Å². The van der Waals surface area contributed by atoms with Crippen LogP contribution in [0.15, 0.2) is 24.3 Å². The lowest BCUT2D eigenvalue weighted by Gasteiger charge is -2.10. The van der Waals surface area contributed by atoms with Gasteiger partial charge in [0.2, 0.25) is 11.4 Å². The number of esters is 1. The van der Waals surface area contributed by atoms with Gasteiger partial charge in [0.1, 0.15) is 5.01 Å². The molecule has 1 aromatic heterocycles. The Balaban J connectivity index is 1.85. The molecule has 1 aliphatic heterocycles. The highest BCUT2D eigenvalue weighted by molar-refractivity contribution is 7.15. The third kappa shape index (κ3) is 1.84. The molecule has 0 unspecified atom stereocenters. The summed E-state index contributed by atoms with van der Waals surface area (Å²) in [7, 11) is 0. The van der Waals surface area contributed by atoms with Crippen LogP contribution >= 0.6 is 11.3 Å². The van der Waals surface area contributed by atoms with Gasteiger partial charge in [-0.3, -0.25) is 0 Å². The Kier molecular flexibility index (Phi) is 2.71. The van der Waals surface area contributed by atoms with E-state index in [-0.39, 0.29) is 5.97 Å². The predicted octanol–water partition coefficient (Wildman–Crippen LogP) is 2.38. The summed E-state index contributed by atoms with van der Waals surface area (Å²) in [6.07, 6.45) is 0.381. The topological polar surface area (TPSA) is 64.1 Å². The average Bonchev–Trinajstić information content (AvgIpc) is 2.97. The van der Waals surface area contributed by atoms with Crippen molar-refractivity contribution in [1.29, 1.82) is 0 Å². The average molecular weight is 261 g/mol. The van der Waals surface area contributed by atoms with Crippen molar-refractivity contribution in [2.75, 3.05) is 5.32 Å². The van der Waals surface area contributed by atoms with E-state index in [1.54, 1.807) is 6.07 Å².